The van der Waals surface area contributed by atoms with Crippen LogP contribution in [0, 0.1) is 0 Å². The van der Waals surface area contributed by atoms with E-state index in [0.29, 0.717) is 4.88 Å². The lowest BCUT2D eigenvalue weighted by atomic mass is 10.1. The Kier molecular flexibility index (Phi) is 4.35. The summed E-state index contributed by atoms with van der Waals surface area (Å²) < 4.78 is 0.941. The fourth-order valence-electron chi connectivity index (χ4n) is 1.85. The lowest BCUT2D eigenvalue weighted by Gasteiger charge is -2.16. The number of hydrogen-bond acceptors (Lipinski definition) is 4. The molecule has 0 saturated carbocycles. The zero-order valence-electron chi connectivity index (χ0n) is 10.2. The summed E-state index contributed by atoms with van der Waals surface area (Å²) in [5, 5.41) is 11.2. The van der Waals surface area contributed by atoms with E-state index >= 15 is 0 Å². The monoisotopic (exact) mass is 383 g/mol. The first-order valence-corrected chi connectivity index (χ1v) is 9.34. The van der Waals surface area contributed by atoms with Crippen molar-refractivity contribution in [3.8, 4) is 0 Å². The van der Waals surface area contributed by atoms with Crippen LogP contribution in [0.15, 0.2) is 50.3 Å². The molecule has 102 valence electrons. The number of halogens is 1. The second-order valence-corrected chi connectivity index (χ2v) is 7.69. The van der Waals surface area contributed by atoms with E-state index in [-0.39, 0.29) is 11.9 Å². The second-order valence-electron chi connectivity index (χ2n) is 4.11. The largest absolute Gasteiger partial charge is 0.340 e. The van der Waals surface area contributed by atoms with Crippen molar-refractivity contribution in [2.75, 3.05) is 0 Å². The number of carbonyl (C=O) groups excluding carboxylic acids is 1. The number of amides is 1. The Balaban J connectivity index is 1.86. The van der Waals surface area contributed by atoms with Crippen molar-refractivity contribution in [2.24, 2.45) is 0 Å². The quantitative estimate of drug-likeness (QED) is 0.662. The van der Waals surface area contributed by atoms with Crippen LogP contribution in [0.2, 0.25) is 0 Å². The van der Waals surface area contributed by atoms with Gasteiger partial charge in [-0.3, -0.25) is 4.79 Å². The molecule has 6 heteroatoms. The van der Waals surface area contributed by atoms with Gasteiger partial charge < -0.3 is 5.32 Å². The SMILES string of the molecule is O=C(N[C@H](c1ccsc1)c1cccs1)c1cc(Br)cs1. The third-order valence-electron chi connectivity index (χ3n) is 2.77. The van der Waals surface area contributed by atoms with E-state index in [9.17, 15) is 4.79 Å². The second kappa shape index (κ2) is 6.22. The molecule has 3 heterocycles. The van der Waals surface area contributed by atoms with Gasteiger partial charge in [-0.2, -0.15) is 11.3 Å². The van der Waals surface area contributed by atoms with Crippen LogP contribution in [0.4, 0.5) is 0 Å². The highest BCUT2D eigenvalue weighted by molar-refractivity contribution is 9.10. The molecule has 0 aliphatic heterocycles. The van der Waals surface area contributed by atoms with E-state index in [1.165, 1.54) is 11.3 Å². The number of nitrogens with one attached hydrogen (secondary N) is 1. The van der Waals surface area contributed by atoms with Crippen LogP contribution in [0.1, 0.15) is 26.2 Å². The predicted molar refractivity (Wildman–Crippen MR) is 90.0 cm³/mol. The first-order valence-electron chi connectivity index (χ1n) is 5.84. The average molecular weight is 384 g/mol. The predicted octanol–water partition coefficient (Wildman–Crippen LogP) is 5.15. The van der Waals surface area contributed by atoms with Gasteiger partial charge in [-0.25, -0.2) is 0 Å². The lowest BCUT2D eigenvalue weighted by molar-refractivity contribution is 0.0947. The van der Waals surface area contributed by atoms with Gasteiger partial charge in [0.1, 0.15) is 0 Å². The zero-order chi connectivity index (χ0) is 13.9. The third-order valence-corrected chi connectivity index (χ3v) is 6.10. The molecule has 0 fully saturated rings. The third kappa shape index (κ3) is 3.03. The van der Waals surface area contributed by atoms with Crippen molar-refractivity contribution in [3.63, 3.8) is 0 Å². The van der Waals surface area contributed by atoms with E-state index in [2.05, 4.69) is 38.8 Å². The first kappa shape index (κ1) is 14.0. The van der Waals surface area contributed by atoms with E-state index in [4.69, 9.17) is 0 Å². The summed E-state index contributed by atoms with van der Waals surface area (Å²) in [5.41, 5.74) is 1.13. The van der Waals surface area contributed by atoms with Gasteiger partial charge >= 0.3 is 0 Å². The molecule has 1 amide bonds. The molecule has 0 aromatic carbocycles. The van der Waals surface area contributed by atoms with Crippen molar-refractivity contribution in [1.82, 2.24) is 5.32 Å². The number of rotatable bonds is 4. The summed E-state index contributed by atoms with van der Waals surface area (Å²) in [5.74, 6) is -0.0368. The highest BCUT2D eigenvalue weighted by Gasteiger charge is 2.19. The van der Waals surface area contributed by atoms with E-state index in [0.717, 1.165) is 14.9 Å². The van der Waals surface area contributed by atoms with Crippen molar-refractivity contribution >= 4 is 55.8 Å². The minimum atomic E-state index is -0.0744. The maximum absolute atomic E-state index is 12.3. The molecule has 0 bridgehead atoms. The zero-order valence-corrected chi connectivity index (χ0v) is 14.2. The van der Waals surface area contributed by atoms with Crippen LogP contribution in [0.3, 0.4) is 0 Å². The highest BCUT2D eigenvalue weighted by atomic mass is 79.9. The Morgan fingerprint density at radius 1 is 1.20 bits per heavy atom. The number of thiophene rings is 3. The summed E-state index contributed by atoms with van der Waals surface area (Å²) in [7, 11) is 0. The van der Waals surface area contributed by atoms with Crippen molar-refractivity contribution in [1.29, 1.82) is 0 Å². The van der Waals surface area contributed by atoms with Crippen LogP contribution in [0.5, 0.6) is 0 Å². The molecular formula is C14H10BrNOS3. The van der Waals surface area contributed by atoms with Crippen molar-refractivity contribution in [3.05, 3.63) is 65.6 Å². The van der Waals surface area contributed by atoms with Crippen LogP contribution in [-0.2, 0) is 0 Å². The molecule has 0 radical (unpaired) electrons. The summed E-state index contributed by atoms with van der Waals surface area (Å²) in [4.78, 5) is 14.2. The van der Waals surface area contributed by atoms with E-state index in [1.54, 1.807) is 22.7 Å². The van der Waals surface area contributed by atoms with E-state index < -0.39 is 0 Å². The molecule has 3 aromatic heterocycles. The average Bonchev–Trinajstić information content (AvgIpc) is 3.17. The van der Waals surface area contributed by atoms with Crippen molar-refractivity contribution in [2.45, 2.75) is 6.04 Å². The van der Waals surface area contributed by atoms with Gasteiger partial charge in [0.15, 0.2) is 0 Å². The Morgan fingerprint density at radius 3 is 2.70 bits per heavy atom. The van der Waals surface area contributed by atoms with Gasteiger partial charge in [0.05, 0.1) is 10.9 Å². The summed E-state index contributed by atoms with van der Waals surface area (Å²) in [6.07, 6.45) is 0. The molecule has 2 nitrogen and oxygen atoms in total. The molecule has 0 unspecified atom stereocenters. The maximum Gasteiger partial charge on any atom is 0.262 e. The van der Waals surface area contributed by atoms with Gasteiger partial charge in [0, 0.05) is 14.7 Å². The minimum absolute atomic E-state index is 0.0368. The standard InChI is InChI=1S/C14H10BrNOS3/c15-10-6-12(20-8-10)14(17)16-13(9-3-5-18-7-9)11-2-1-4-19-11/h1-8,13H,(H,16,17)/t13-/m1/s1. The fraction of sp³-hybridized carbons (Fsp3) is 0.0714. The number of carbonyl (C=O) groups is 1. The Labute approximate surface area is 137 Å². The molecule has 3 aromatic rings. The summed E-state index contributed by atoms with van der Waals surface area (Å²) in [6.45, 7) is 0. The van der Waals surface area contributed by atoms with Crippen LogP contribution in [-0.4, -0.2) is 5.91 Å². The fourth-order valence-corrected chi connectivity index (χ4v) is 4.67. The maximum atomic E-state index is 12.3. The summed E-state index contributed by atoms with van der Waals surface area (Å²) >= 11 is 8.12. The molecule has 0 spiro atoms. The molecule has 3 rings (SSSR count). The lowest BCUT2D eigenvalue weighted by Crippen LogP contribution is -2.27. The molecule has 1 N–H and O–H groups in total. The Bertz CT molecular complexity index is 654. The topological polar surface area (TPSA) is 29.1 Å². The van der Waals surface area contributed by atoms with Gasteiger partial charge in [-0.15, -0.1) is 22.7 Å². The molecular weight excluding hydrogens is 374 g/mol. The van der Waals surface area contributed by atoms with Crippen LogP contribution < -0.4 is 5.32 Å². The minimum Gasteiger partial charge on any atom is -0.340 e. The highest BCUT2D eigenvalue weighted by Crippen LogP contribution is 2.28. The van der Waals surface area contributed by atoms with Crippen LogP contribution >= 0.6 is 49.9 Å². The molecule has 0 aliphatic carbocycles. The van der Waals surface area contributed by atoms with Gasteiger partial charge in [-0.05, 0) is 55.8 Å². The van der Waals surface area contributed by atoms with Crippen LogP contribution in [0.25, 0.3) is 0 Å². The van der Waals surface area contributed by atoms with Crippen molar-refractivity contribution < 1.29 is 4.79 Å². The molecule has 0 aliphatic rings. The summed E-state index contributed by atoms with van der Waals surface area (Å²) in [6, 6.07) is 7.89. The number of hydrogen-bond donors (Lipinski definition) is 1. The molecule has 0 saturated heterocycles. The Hall–Kier alpha value is -0.950. The first-order chi connectivity index (χ1) is 9.74. The van der Waals surface area contributed by atoms with Gasteiger partial charge in [0.25, 0.3) is 5.91 Å². The Morgan fingerprint density at radius 2 is 2.10 bits per heavy atom. The van der Waals surface area contributed by atoms with E-state index in [1.807, 2.05) is 28.3 Å². The van der Waals surface area contributed by atoms with Gasteiger partial charge in [-0.1, -0.05) is 6.07 Å². The smallest absolute Gasteiger partial charge is 0.262 e. The molecule has 20 heavy (non-hydrogen) atoms. The van der Waals surface area contributed by atoms with Gasteiger partial charge in [0.2, 0.25) is 0 Å². The normalized spacial score (nSPS) is 12.2. The molecule has 1 atom stereocenters.